The van der Waals surface area contributed by atoms with Crippen LogP contribution >= 0.6 is 0 Å². The van der Waals surface area contributed by atoms with E-state index in [1.807, 2.05) is 18.7 Å². The number of rotatable bonds is 4. The van der Waals surface area contributed by atoms with Crippen LogP contribution in [0.2, 0.25) is 0 Å². The Kier molecular flexibility index (Phi) is 5.13. The molecule has 0 saturated carbocycles. The third kappa shape index (κ3) is 3.43. The average Bonchev–Trinajstić information content (AvgIpc) is 3.06. The van der Waals surface area contributed by atoms with Crippen LogP contribution in [0.15, 0.2) is 4.42 Å². The van der Waals surface area contributed by atoms with Gasteiger partial charge >= 0.3 is 0 Å². The third-order valence-electron chi connectivity index (χ3n) is 4.82. The van der Waals surface area contributed by atoms with Crippen LogP contribution in [-0.2, 0) is 20.7 Å². The Hall–Kier alpha value is -1.96. The van der Waals surface area contributed by atoms with Crippen molar-refractivity contribution in [2.24, 2.45) is 0 Å². The molecule has 3 rings (SSSR count). The Balaban J connectivity index is 1.66. The van der Waals surface area contributed by atoms with Gasteiger partial charge in [0.2, 0.25) is 23.6 Å². The number of piperidine rings is 1. The summed E-state index contributed by atoms with van der Waals surface area (Å²) >= 11 is 0. The molecule has 1 aromatic heterocycles. The van der Waals surface area contributed by atoms with E-state index in [1.165, 1.54) is 0 Å². The minimum atomic E-state index is -0.125. The van der Waals surface area contributed by atoms with Crippen molar-refractivity contribution in [3.8, 4) is 0 Å². The molecule has 0 N–H and O–H groups in total. The molecule has 2 atom stereocenters. The van der Waals surface area contributed by atoms with Gasteiger partial charge < -0.3 is 19.0 Å². The Morgan fingerprint density at radius 3 is 2.88 bits per heavy atom. The van der Waals surface area contributed by atoms with Gasteiger partial charge in [0.25, 0.3) is 0 Å². The predicted octanol–water partition coefficient (Wildman–Crippen LogP) is 0.585. The fraction of sp³-hybridized carbons (Fsp3) is 0.750. The van der Waals surface area contributed by atoms with Crippen molar-refractivity contribution in [3.05, 3.63) is 11.8 Å². The number of hydrogen-bond donors (Lipinski definition) is 0. The highest BCUT2D eigenvalue weighted by atomic mass is 16.5. The Labute approximate surface area is 141 Å². The quantitative estimate of drug-likeness (QED) is 0.799. The normalized spacial score (nSPS) is 25.2. The van der Waals surface area contributed by atoms with Crippen LogP contribution in [0.25, 0.3) is 0 Å². The van der Waals surface area contributed by atoms with E-state index in [0.29, 0.717) is 37.9 Å². The maximum Gasteiger partial charge on any atom is 0.249 e. The number of likely N-dealkylation sites (tertiary alicyclic amines) is 1. The molecule has 0 aromatic carbocycles. The van der Waals surface area contributed by atoms with Crippen molar-refractivity contribution in [1.29, 1.82) is 0 Å². The van der Waals surface area contributed by atoms with Crippen LogP contribution in [0.4, 0.5) is 0 Å². The van der Waals surface area contributed by atoms with Gasteiger partial charge in [-0.3, -0.25) is 9.59 Å². The van der Waals surface area contributed by atoms with Crippen LogP contribution in [0.5, 0.6) is 0 Å². The molecular formula is C16H24N4O4. The molecule has 2 amide bonds. The van der Waals surface area contributed by atoms with Crippen LogP contribution in [0.3, 0.4) is 0 Å². The van der Waals surface area contributed by atoms with E-state index in [2.05, 4.69) is 10.2 Å². The first kappa shape index (κ1) is 16.9. The largest absolute Gasteiger partial charge is 0.425 e. The van der Waals surface area contributed by atoms with E-state index < -0.39 is 0 Å². The van der Waals surface area contributed by atoms with Gasteiger partial charge in [0, 0.05) is 25.6 Å². The number of nitrogens with zero attached hydrogens (tertiary/aromatic N) is 4. The van der Waals surface area contributed by atoms with Gasteiger partial charge in [-0.15, -0.1) is 10.2 Å². The fourth-order valence-electron chi connectivity index (χ4n) is 3.36. The minimum absolute atomic E-state index is 0.0208. The molecule has 132 valence electrons. The first-order valence-corrected chi connectivity index (χ1v) is 8.57. The molecule has 0 unspecified atom stereocenters. The first-order valence-electron chi connectivity index (χ1n) is 8.57. The van der Waals surface area contributed by atoms with Crippen molar-refractivity contribution < 1.29 is 18.7 Å². The second kappa shape index (κ2) is 7.29. The van der Waals surface area contributed by atoms with Crippen molar-refractivity contribution >= 4 is 11.8 Å². The summed E-state index contributed by atoms with van der Waals surface area (Å²) < 4.78 is 10.8. The number of aromatic nitrogens is 2. The van der Waals surface area contributed by atoms with Gasteiger partial charge in [-0.25, -0.2) is 0 Å². The second-order valence-corrected chi connectivity index (χ2v) is 6.33. The summed E-state index contributed by atoms with van der Waals surface area (Å²) in [5.74, 6) is 1.13. The lowest BCUT2D eigenvalue weighted by molar-refractivity contribution is -0.150. The zero-order valence-corrected chi connectivity index (χ0v) is 14.2. The summed E-state index contributed by atoms with van der Waals surface area (Å²) in [5.41, 5.74) is 0. The van der Waals surface area contributed by atoms with Crippen molar-refractivity contribution in [2.45, 2.75) is 45.1 Å². The molecule has 1 aromatic rings. The van der Waals surface area contributed by atoms with Gasteiger partial charge in [-0.1, -0.05) is 6.92 Å². The van der Waals surface area contributed by atoms with Gasteiger partial charge in [0.1, 0.15) is 6.61 Å². The number of ether oxygens (including phenoxy) is 1. The number of hydrogen-bond acceptors (Lipinski definition) is 6. The molecule has 8 nitrogen and oxygen atoms in total. The minimum Gasteiger partial charge on any atom is -0.425 e. The summed E-state index contributed by atoms with van der Waals surface area (Å²) in [7, 11) is 0. The lowest BCUT2D eigenvalue weighted by Crippen LogP contribution is -2.52. The summed E-state index contributed by atoms with van der Waals surface area (Å²) in [6, 6.07) is -0.0208. The summed E-state index contributed by atoms with van der Waals surface area (Å²) in [6.45, 7) is 5.81. The monoisotopic (exact) mass is 336 g/mol. The highest BCUT2D eigenvalue weighted by Gasteiger charge is 2.36. The standard InChI is InChI=1S/C16H24N4O4/c1-3-13-17-18-16(24-13)12-5-4-6-20(11(12)2)14(21)9-19-7-8-23-10-15(19)22/h11-12H,3-10H2,1-2H3/t11-,12-/m0/s1. The van der Waals surface area contributed by atoms with E-state index >= 15 is 0 Å². The number of carbonyl (C=O) groups is 2. The first-order chi connectivity index (χ1) is 11.6. The van der Waals surface area contributed by atoms with Crippen LogP contribution in [0, 0.1) is 0 Å². The number of aryl methyl sites for hydroxylation is 1. The lowest BCUT2D eigenvalue weighted by atomic mass is 9.90. The van der Waals surface area contributed by atoms with Crippen LogP contribution < -0.4 is 0 Å². The van der Waals surface area contributed by atoms with E-state index in [1.54, 1.807) is 4.90 Å². The van der Waals surface area contributed by atoms with Crippen LogP contribution in [0.1, 0.15) is 44.4 Å². The van der Waals surface area contributed by atoms with Crippen molar-refractivity contribution in [1.82, 2.24) is 20.0 Å². The zero-order chi connectivity index (χ0) is 17.1. The maximum atomic E-state index is 12.7. The molecule has 2 fully saturated rings. The molecule has 8 heteroatoms. The van der Waals surface area contributed by atoms with Crippen molar-refractivity contribution in [2.75, 3.05) is 32.8 Å². The van der Waals surface area contributed by atoms with Crippen LogP contribution in [-0.4, -0.2) is 70.7 Å². The number of morpholine rings is 1. The van der Waals surface area contributed by atoms with E-state index in [4.69, 9.17) is 9.15 Å². The molecule has 0 radical (unpaired) electrons. The summed E-state index contributed by atoms with van der Waals surface area (Å²) in [5, 5.41) is 8.18. The number of carbonyl (C=O) groups excluding carboxylic acids is 2. The Morgan fingerprint density at radius 2 is 2.17 bits per heavy atom. The Morgan fingerprint density at radius 1 is 1.33 bits per heavy atom. The average molecular weight is 336 g/mol. The Bertz CT molecular complexity index is 603. The topological polar surface area (TPSA) is 88.8 Å². The van der Waals surface area contributed by atoms with Gasteiger partial charge in [0.15, 0.2) is 0 Å². The third-order valence-corrected chi connectivity index (χ3v) is 4.82. The fourth-order valence-corrected chi connectivity index (χ4v) is 3.36. The van der Waals surface area contributed by atoms with Gasteiger partial charge in [-0.05, 0) is 19.8 Å². The molecule has 2 saturated heterocycles. The smallest absolute Gasteiger partial charge is 0.249 e. The highest BCUT2D eigenvalue weighted by Crippen LogP contribution is 2.32. The second-order valence-electron chi connectivity index (χ2n) is 6.33. The zero-order valence-electron chi connectivity index (χ0n) is 14.2. The van der Waals surface area contributed by atoms with E-state index in [-0.39, 0.29) is 36.9 Å². The van der Waals surface area contributed by atoms with Gasteiger partial charge in [-0.2, -0.15) is 0 Å². The SMILES string of the molecule is CCc1nnc([C@H]2CCCN(C(=O)CN3CCOCC3=O)[C@H]2C)o1. The lowest BCUT2D eigenvalue weighted by Gasteiger charge is -2.39. The molecule has 0 bridgehead atoms. The number of amides is 2. The molecule has 24 heavy (non-hydrogen) atoms. The molecular weight excluding hydrogens is 312 g/mol. The van der Waals surface area contributed by atoms with Crippen molar-refractivity contribution in [3.63, 3.8) is 0 Å². The molecule has 0 aliphatic carbocycles. The molecule has 0 spiro atoms. The highest BCUT2D eigenvalue weighted by molar-refractivity contribution is 5.86. The summed E-state index contributed by atoms with van der Waals surface area (Å²) in [4.78, 5) is 27.9. The molecule has 3 heterocycles. The van der Waals surface area contributed by atoms with E-state index in [0.717, 1.165) is 12.8 Å². The van der Waals surface area contributed by atoms with Gasteiger partial charge in [0.05, 0.1) is 19.1 Å². The summed E-state index contributed by atoms with van der Waals surface area (Å²) in [6.07, 6.45) is 2.52. The molecule has 2 aliphatic rings. The molecule has 2 aliphatic heterocycles. The predicted molar refractivity (Wildman–Crippen MR) is 84.2 cm³/mol. The maximum absolute atomic E-state index is 12.7. The van der Waals surface area contributed by atoms with E-state index in [9.17, 15) is 9.59 Å².